The SMILES string of the molecule is Cc1cc(C(C)(C)C)ccc1C1(C(=O)NN)CCC1. The molecule has 1 aliphatic carbocycles. The molecule has 1 saturated carbocycles. The molecule has 0 heterocycles. The van der Waals surface area contributed by atoms with Crippen molar-refractivity contribution in [3.63, 3.8) is 0 Å². The number of hydrogen-bond donors (Lipinski definition) is 2. The molecular formula is C16H24N2O. The van der Waals surface area contributed by atoms with Crippen LogP contribution in [0.25, 0.3) is 0 Å². The fraction of sp³-hybridized carbons (Fsp3) is 0.562. The lowest BCUT2D eigenvalue weighted by atomic mass is 9.62. The first-order valence-corrected chi connectivity index (χ1v) is 6.94. The van der Waals surface area contributed by atoms with Gasteiger partial charge in [0.1, 0.15) is 0 Å². The maximum Gasteiger partial charge on any atom is 0.244 e. The average molecular weight is 260 g/mol. The maximum atomic E-state index is 12.1. The molecule has 0 saturated heterocycles. The summed E-state index contributed by atoms with van der Waals surface area (Å²) in [5, 5.41) is 0. The van der Waals surface area contributed by atoms with E-state index in [0.717, 1.165) is 24.8 Å². The molecular weight excluding hydrogens is 236 g/mol. The zero-order chi connectivity index (χ0) is 14.3. The third-order valence-electron chi connectivity index (χ3n) is 4.38. The number of nitrogens with two attached hydrogens (primary N) is 1. The lowest BCUT2D eigenvalue weighted by molar-refractivity contribution is -0.130. The summed E-state index contributed by atoms with van der Waals surface area (Å²) in [5.41, 5.74) is 5.70. The minimum atomic E-state index is -0.394. The molecule has 1 fully saturated rings. The van der Waals surface area contributed by atoms with Crippen molar-refractivity contribution in [3.8, 4) is 0 Å². The van der Waals surface area contributed by atoms with Gasteiger partial charge in [-0.2, -0.15) is 0 Å². The second-order valence-corrected chi connectivity index (χ2v) is 6.69. The Bertz CT molecular complexity index is 496. The molecule has 3 heteroatoms. The van der Waals surface area contributed by atoms with E-state index >= 15 is 0 Å². The van der Waals surface area contributed by atoms with Gasteiger partial charge in [-0.3, -0.25) is 10.2 Å². The summed E-state index contributed by atoms with van der Waals surface area (Å²) in [6, 6.07) is 6.47. The van der Waals surface area contributed by atoms with E-state index < -0.39 is 5.41 Å². The van der Waals surface area contributed by atoms with Gasteiger partial charge in [0.15, 0.2) is 0 Å². The molecule has 0 spiro atoms. The molecule has 2 rings (SSSR count). The van der Waals surface area contributed by atoms with Crippen LogP contribution in [0.15, 0.2) is 18.2 Å². The van der Waals surface area contributed by atoms with E-state index in [1.54, 1.807) is 0 Å². The molecule has 1 amide bonds. The number of rotatable bonds is 2. The predicted octanol–water partition coefficient (Wildman–Crippen LogP) is 2.70. The molecule has 104 valence electrons. The van der Waals surface area contributed by atoms with Gasteiger partial charge in [0.25, 0.3) is 0 Å². The zero-order valence-electron chi connectivity index (χ0n) is 12.3. The predicted molar refractivity (Wildman–Crippen MR) is 77.7 cm³/mol. The highest BCUT2D eigenvalue weighted by Crippen LogP contribution is 2.45. The van der Waals surface area contributed by atoms with Crippen LogP contribution >= 0.6 is 0 Å². The minimum Gasteiger partial charge on any atom is -0.293 e. The number of carbonyl (C=O) groups is 1. The van der Waals surface area contributed by atoms with Crippen LogP contribution in [-0.4, -0.2) is 5.91 Å². The Morgan fingerprint density at radius 1 is 1.32 bits per heavy atom. The average Bonchev–Trinajstić information content (AvgIpc) is 2.28. The molecule has 0 bridgehead atoms. The lowest BCUT2D eigenvalue weighted by Gasteiger charge is -2.41. The van der Waals surface area contributed by atoms with Crippen LogP contribution < -0.4 is 11.3 Å². The van der Waals surface area contributed by atoms with Crippen molar-refractivity contribution in [1.82, 2.24) is 5.43 Å². The number of amides is 1. The summed E-state index contributed by atoms with van der Waals surface area (Å²) in [6.45, 7) is 8.70. The van der Waals surface area contributed by atoms with Crippen LogP contribution in [0.3, 0.4) is 0 Å². The van der Waals surface area contributed by atoms with Gasteiger partial charge in [0.05, 0.1) is 5.41 Å². The highest BCUT2D eigenvalue weighted by Gasteiger charge is 2.46. The number of hydrazine groups is 1. The second-order valence-electron chi connectivity index (χ2n) is 6.69. The standard InChI is InChI=1S/C16H24N2O/c1-11-10-12(15(2,3)4)6-7-13(11)16(8-5-9-16)14(19)18-17/h6-7,10H,5,8-9,17H2,1-4H3,(H,18,19). The molecule has 1 aliphatic rings. The highest BCUT2D eigenvalue weighted by molar-refractivity contribution is 5.89. The molecule has 3 nitrogen and oxygen atoms in total. The Balaban J connectivity index is 2.44. The van der Waals surface area contributed by atoms with Crippen LogP contribution in [0.2, 0.25) is 0 Å². The van der Waals surface area contributed by atoms with Crippen molar-refractivity contribution >= 4 is 5.91 Å². The first-order valence-electron chi connectivity index (χ1n) is 6.94. The molecule has 0 aromatic heterocycles. The maximum absolute atomic E-state index is 12.1. The van der Waals surface area contributed by atoms with Crippen LogP contribution in [0.5, 0.6) is 0 Å². The topological polar surface area (TPSA) is 55.1 Å². The van der Waals surface area contributed by atoms with Gasteiger partial charge in [0.2, 0.25) is 5.91 Å². The molecule has 1 aromatic carbocycles. The smallest absolute Gasteiger partial charge is 0.244 e. The Morgan fingerprint density at radius 3 is 2.32 bits per heavy atom. The van der Waals surface area contributed by atoms with Gasteiger partial charge in [-0.25, -0.2) is 5.84 Å². The summed E-state index contributed by atoms with van der Waals surface area (Å²) in [7, 11) is 0. The van der Waals surface area contributed by atoms with Crippen LogP contribution in [-0.2, 0) is 15.6 Å². The van der Waals surface area contributed by atoms with E-state index in [1.165, 1.54) is 11.1 Å². The van der Waals surface area contributed by atoms with Crippen molar-refractivity contribution in [1.29, 1.82) is 0 Å². The molecule has 0 atom stereocenters. The second kappa shape index (κ2) is 4.64. The van der Waals surface area contributed by atoms with E-state index in [0.29, 0.717) is 0 Å². The summed E-state index contributed by atoms with van der Waals surface area (Å²) >= 11 is 0. The first kappa shape index (κ1) is 14.1. The molecule has 1 aromatic rings. The number of benzene rings is 1. The summed E-state index contributed by atoms with van der Waals surface area (Å²) in [6.07, 6.45) is 2.88. The molecule has 19 heavy (non-hydrogen) atoms. The van der Waals surface area contributed by atoms with Gasteiger partial charge in [-0.1, -0.05) is 45.4 Å². The van der Waals surface area contributed by atoms with E-state index in [4.69, 9.17) is 5.84 Å². The van der Waals surface area contributed by atoms with Crippen molar-refractivity contribution < 1.29 is 4.79 Å². The fourth-order valence-corrected chi connectivity index (χ4v) is 2.95. The monoisotopic (exact) mass is 260 g/mol. The number of nitrogens with one attached hydrogen (secondary N) is 1. The van der Waals surface area contributed by atoms with Gasteiger partial charge < -0.3 is 0 Å². The number of carbonyl (C=O) groups excluding carboxylic acids is 1. The number of hydrogen-bond acceptors (Lipinski definition) is 2. The fourth-order valence-electron chi connectivity index (χ4n) is 2.95. The Kier molecular flexibility index (Phi) is 3.43. The number of aryl methyl sites for hydroxylation is 1. The summed E-state index contributed by atoms with van der Waals surface area (Å²) in [5.74, 6) is 5.30. The van der Waals surface area contributed by atoms with Crippen LogP contribution in [0.1, 0.15) is 56.7 Å². The van der Waals surface area contributed by atoms with Gasteiger partial charge in [-0.15, -0.1) is 0 Å². The molecule has 3 N–H and O–H groups in total. The summed E-state index contributed by atoms with van der Waals surface area (Å²) in [4.78, 5) is 12.1. The lowest BCUT2D eigenvalue weighted by Crippen LogP contribution is -2.51. The molecule has 0 aliphatic heterocycles. The van der Waals surface area contributed by atoms with Crippen LogP contribution in [0.4, 0.5) is 0 Å². The third kappa shape index (κ3) is 2.27. The van der Waals surface area contributed by atoms with E-state index in [9.17, 15) is 4.79 Å². The largest absolute Gasteiger partial charge is 0.293 e. The third-order valence-corrected chi connectivity index (χ3v) is 4.38. The van der Waals surface area contributed by atoms with Crippen molar-refractivity contribution in [2.45, 2.75) is 57.8 Å². The molecule has 0 unspecified atom stereocenters. The quantitative estimate of drug-likeness (QED) is 0.488. The summed E-state index contributed by atoms with van der Waals surface area (Å²) < 4.78 is 0. The van der Waals surface area contributed by atoms with Crippen molar-refractivity contribution in [2.75, 3.05) is 0 Å². The van der Waals surface area contributed by atoms with E-state index in [-0.39, 0.29) is 11.3 Å². The normalized spacial score (nSPS) is 17.7. The van der Waals surface area contributed by atoms with Crippen molar-refractivity contribution in [3.05, 3.63) is 34.9 Å². The minimum absolute atomic E-state index is 0.0506. The Morgan fingerprint density at radius 2 is 1.95 bits per heavy atom. The van der Waals surface area contributed by atoms with Gasteiger partial charge in [0, 0.05) is 0 Å². The first-order chi connectivity index (χ1) is 8.81. The Hall–Kier alpha value is -1.35. The van der Waals surface area contributed by atoms with Gasteiger partial charge >= 0.3 is 0 Å². The van der Waals surface area contributed by atoms with Crippen LogP contribution in [0, 0.1) is 6.92 Å². The highest BCUT2D eigenvalue weighted by atomic mass is 16.2. The Labute approximate surface area is 115 Å². The van der Waals surface area contributed by atoms with Gasteiger partial charge in [-0.05, 0) is 41.9 Å². The zero-order valence-corrected chi connectivity index (χ0v) is 12.3. The van der Waals surface area contributed by atoms with E-state index in [1.807, 2.05) is 0 Å². The molecule has 0 radical (unpaired) electrons. The van der Waals surface area contributed by atoms with E-state index in [2.05, 4.69) is 51.3 Å². The van der Waals surface area contributed by atoms with Crippen molar-refractivity contribution in [2.24, 2.45) is 5.84 Å².